The Morgan fingerprint density at radius 3 is 1.52 bits per heavy atom. The molecule has 0 radical (unpaired) electrons. The van der Waals surface area contributed by atoms with E-state index in [1.807, 2.05) is 0 Å². The van der Waals surface area contributed by atoms with Crippen LogP contribution in [0.1, 0.15) is 102 Å². The van der Waals surface area contributed by atoms with Gasteiger partial charge in [-0.1, -0.05) is 114 Å². The first-order chi connectivity index (χ1) is 12.4. The van der Waals surface area contributed by atoms with Crippen molar-refractivity contribution >= 4 is 0 Å². The molecule has 0 aromatic heterocycles. The maximum absolute atomic E-state index is 2.49. The molecule has 0 atom stereocenters. The molecule has 1 rings (SSSR count). The van der Waals surface area contributed by atoms with Gasteiger partial charge in [0.2, 0.25) is 0 Å². The molecule has 0 amide bonds. The van der Waals surface area contributed by atoms with Crippen LogP contribution in [-0.2, 0) is 6.42 Å². The molecule has 0 saturated heterocycles. The van der Waals surface area contributed by atoms with Crippen LogP contribution in [0.3, 0.4) is 0 Å². The van der Waals surface area contributed by atoms with Gasteiger partial charge >= 0.3 is 0 Å². The third-order valence-corrected chi connectivity index (χ3v) is 5.24. The van der Waals surface area contributed by atoms with Crippen LogP contribution >= 0.6 is 0 Å². The molecule has 1 aromatic rings. The second-order valence-electron chi connectivity index (χ2n) is 7.70. The van der Waals surface area contributed by atoms with Gasteiger partial charge in [-0.15, -0.1) is 0 Å². The second-order valence-corrected chi connectivity index (χ2v) is 7.70. The molecule has 0 aliphatic heterocycles. The van der Waals surface area contributed by atoms with Crippen LogP contribution in [0.4, 0.5) is 0 Å². The van der Waals surface area contributed by atoms with Crippen molar-refractivity contribution in [3.05, 3.63) is 35.9 Å². The van der Waals surface area contributed by atoms with Gasteiger partial charge in [-0.05, 0) is 18.4 Å². The van der Waals surface area contributed by atoms with Crippen LogP contribution in [0.5, 0.6) is 0 Å². The van der Waals surface area contributed by atoms with Crippen LogP contribution in [0.2, 0.25) is 0 Å². The lowest BCUT2D eigenvalue weighted by Gasteiger charge is -2.04. The topological polar surface area (TPSA) is 48.1 Å². The molecule has 27 heavy (non-hydrogen) atoms. The third-order valence-electron chi connectivity index (χ3n) is 5.24. The Bertz CT molecular complexity index is 372. The van der Waals surface area contributed by atoms with E-state index in [0.29, 0.717) is 0 Å². The zero-order valence-electron chi connectivity index (χ0n) is 17.9. The van der Waals surface area contributed by atoms with Gasteiger partial charge in [-0.3, -0.25) is 0 Å². The monoisotopic (exact) mass is 399 g/mol. The van der Waals surface area contributed by atoms with E-state index in [-0.39, 0.29) is 17.9 Å². The fourth-order valence-electron chi connectivity index (χ4n) is 3.54. The average Bonchev–Trinajstić information content (AvgIpc) is 2.65. The zero-order chi connectivity index (χ0) is 17.8. The lowest BCUT2D eigenvalue weighted by Crippen LogP contribution is -3.00. The second kappa shape index (κ2) is 23.5. The van der Waals surface area contributed by atoms with Crippen LogP contribution in [-0.4, -0.2) is 18.6 Å². The van der Waals surface area contributed by atoms with Crippen LogP contribution < -0.4 is 17.7 Å². The van der Waals surface area contributed by atoms with E-state index in [1.54, 1.807) is 0 Å². The number of hydrogen-bond acceptors (Lipinski definition) is 0. The summed E-state index contributed by atoms with van der Waals surface area (Å²) in [6.45, 7) is 4.84. The zero-order valence-corrected chi connectivity index (χ0v) is 18.6. The molecular formula is C24H46ClNO. The highest BCUT2D eigenvalue weighted by Crippen LogP contribution is 2.12. The Labute approximate surface area is 175 Å². The lowest BCUT2D eigenvalue weighted by atomic mass is 10.0. The molecule has 0 heterocycles. The van der Waals surface area contributed by atoms with Gasteiger partial charge in [0, 0.05) is 6.42 Å². The molecule has 1 aromatic carbocycles. The number of halogens is 1. The Hall–Kier alpha value is -0.570. The van der Waals surface area contributed by atoms with Crippen molar-refractivity contribution < 1.29 is 23.2 Å². The van der Waals surface area contributed by atoms with Crippen molar-refractivity contribution in [2.75, 3.05) is 13.1 Å². The summed E-state index contributed by atoms with van der Waals surface area (Å²) >= 11 is 0. The third kappa shape index (κ3) is 20.0. The highest BCUT2D eigenvalue weighted by atomic mass is 35.5. The predicted molar refractivity (Wildman–Crippen MR) is 116 cm³/mol. The normalized spacial score (nSPS) is 10.3. The van der Waals surface area contributed by atoms with E-state index >= 15 is 0 Å². The summed E-state index contributed by atoms with van der Waals surface area (Å²) in [5.74, 6) is 0. The SMILES string of the molecule is CCCCCCCCCCCCCCCC[NH2+]CCc1ccccc1.O.[Cl-]. The number of hydrogen-bond donors (Lipinski definition) is 1. The molecule has 0 saturated carbocycles. The summed E-state index contributed by atoms with van der Waals surface area (Å²) in [6, 6.07) is 10.9. The van der Waals surface area contributed by atoms with Crippen molar-refractivity contribution in [2.45, 2.75) is 103 Å². The van der Waals surface area contributed by atoms with E-state index in [0.717, 1.165) is 0 Å². The molecule has 0 unspecified atom stereocenters. The van der Waals surface area contributed by atoms with E-state index in [4.69, 9.17) is 0 Å². The molecule has 3 heteroatoms. The highest BCUT2D eigenvalue weighted by Gasteiger charge is 1.96. The Morgan fingerprint density at radius 2 is 1.04 bits per heavy atom. The molecule has 0 bridgehead atoms. The molecule has 0 aliphatic rings. The summed E-state index contributed by atoms with van der Waals surface area (Å²) < 4.78 is 0. The summed E-state index contributed by atoms with van der Waals surface area (Å²) in [6.07, 6.45) is 21.5. The molecule has 0 spiro atoms. The molecule has 2 nitrogen and oxygen atoms in total. The van der Waals surface area contributed by atoms with Gasteiger partial charge < -0.3 is 23.2 Å². The number of unbranched alkanes of at least 4 members (excludes halogenated alkanes) is 13. The van der Waals surface area contributed by atoms with Gasteiger partial charge in [0.25, 0.3) is 0 Å². The maximum Gasteiger partial charge on any atom is 0.0796 e. The molecule has 4 N–H and O–H groups in total. The number of rotatable bonds is 18. The summed E-state index contributed by atoms with van der Waals surface area (Å²) in [4.78, 5) is 0. The van der Waals surface area contributed by atoms with Crippen LogP contribution in [0.25, 0.3) is 0 Å². The van der Waals surface area contributed by atoms with Crippen molar-refractivity contribution in [3.63, 3.8) is 0 Å². The first kappa shape index (κ1) is 28.6. The van der Waals surface area contributed by atoms with Gasteiger partial charge in [-0.25, -0.2) is 0 Å². The predicted octanol–water partition coefficient (Wildman–Crippen LogP) is 2.45. The summed E-state index contributed by atoms with van der Waals surface area (Å²) in [7, 11) is 0. The fourth-order valence-corrected chi connectivity index (χ4v) is 3.54. The largest absolute Gasteiger partial charge is 1.00 e. The minimum absolute atomic E-state index is 0. The highest BCUT2D eigenvalue weighted by molar-refractivity contribution is 5.14. The van der Waals surface area contributed by atoms with Gasteiger partial charge in [0.15, 0.2) is 0 Å². The van der Waals surface area contributed by atoms with Crippen molar-refractivity contribution in [3.8, 4) is 0 Å². The van der Waals surface area contributed by atoms with E-state index in [2.05, 4.69) is 42.6 Å². The standard InChI is InChI=1S/C24H43N.ClH.H2O/c1-2-3-4-5-6-7-8-9-10-11-12-13-14-18-22-25-23-21-24-19-16-15-17-20-24;;/h15-17,19-20,25H,2-14,18,21-23H2,1H3;1H;1H2. The first-order valence-electron chi connectivity index (χ1n) is 11.3. The Balaban J connectivity index is 0. The number of quaternary nitrogens is 1. The van der Waals surface area contributed by atoms with Crippen molar-refractivity contribution in [1.82, 2.24) is 0 Å². The van der Waals surface area contributed by atoms with Crippen LogP contribution in [0.15, 0.2) is 30.3 Å². The fraction of sp³-hybridized carbons (Fsp3) is 0.750. The van der Waals surface area contributed by atoms with Crippen molar-refractivity contribution in [1.29, 1.82) is 0 Å². The van der Waals surface area contributed by atoms with E-state index < -0.39 is 0 Å². The molecule has 0 aliphatic carbocycles. The molecule has 160 valence electrons. The Morgan fingerprint density at radius 1 is 0.593 bits per heavy atom. The van der Waals surface area contributed by atoms with Crippen LogP contribution in [0, 0.1) is 0 Å². The summed E-state index contributed by atoms with van der Waals surface area (Å²) in [5.41, 5.74) is 1.47. The van der Waals surface area contributed by atoms with Gasteiger partial charge in [0.1, 0.15) is 0 Å². The minimum atomic E-state index is 0. The van der Waals surface area contributed by atoms with E-state index in [9.17, 15) is 0 Å². The molecular weight excluding hydrogens is 354 g/mol. The average molecular weight is 400 g/mol. The van der Waals surface area contributed by atoms with Gasteiger partial charge in [0.05, 0.1) is 13.1 Å². The minimum Gasteiger partial charge on any atom is -1.00 e. The maximum atomic E-state index is 2.49. The van der Waals surface area contributed by atoms with Crippen molar-refractivity contribution in [2.24, 2.45) is 0 Å². The number of nitrogens with two attached hydrogens (primary N) is 1. The summed E-state index contributed by atoms with van der Waals surface area (Å²) in [5, 5.41) is 2.49. The quantitative estimate of drug-likeness (QED) is 0.368. The van der Waals surface area contributed by atoms with Gasteiger partial charge in [-0.2, -0.15) is 0 Å². The molecule has 0 fully saturated rings. The Kier molecular flexibility index (Phi) is 24.9. The first-order valence-corrected chi connectivity index (χ1v) is 11.3. The van der Waals surface area contributed by atoms with E-state index in [1.165, 1.54) is 115 Å². The number of benzene rings is 1. The smallest absolute Gasteiger partial charge is 0.0796 e. The lowest BCUT2D eigenvalue weighted by molar-refractivity contribution is -0.654.